The Morgan fingerprint density at radius 1 is 1.08 bits per heavy atom. The topological polar surface area (TPSA) is 80.3 Å². The van der Waals surface area contributed by atoms with Crippen LogP contribution in [0.5, 0.6) is 17.2 Å². The minimum Gasteiger partial charge on any atom is -0.493 e. The van der Waals surface area contributed by atoms with Gasteiger partial charge in [0.25, 0.3) is 0 Å². The van der Waals surface area contributed by atoms with E-state index in [1.807, 2.05) is 60.0 Å². The van der Waals surface area contributed by atoms with E-state index in [9.17, 15) is 9.59 Å². The second kappa shape index (κ2) is 11.5. The van der Waals surface area contributed by atoms with Crippen molar-refractivity contribution in [1.82, 2.24) is 10.2 Å². The average Bonchev–Trinajstić information content (AvgIpc) is 2.91. The number of aryl methyl sites for hydroxylation is 1. The first-order chi connectivity index (χ1) is 17.4. The molecule has 2 aliphatic rings. The number of carbonyl (C=O) groups excluding carboxylic acids is 2. The third-order valence-electron chi connectivity index (χ3n) is 6.90. The first kappa shape index (κ1) is 25.7. The molecule has 0 spiro atoms. The summed E-state index contributed by atoms with van der Waals surface area (Å²) in [5, 5.41) is 3.05. The molecular formula is C28H37N3O5. The molecule has 36 heavy (non-hydrogen) atoms. The van der Waals surface area contributed by atoms with Crippen LogP contribution in [0.25, 0.3) is 0 Å². The zero-order chi connectivity index (χ0) is 25.7. The van der Waals surface area contributed by atoms with Gasteiger partial charge in [-0.15, -0.1) is 0 Å². The van der Waals surface area contributed by atoms with E-state index in [-0.39, 0.29) is 24.0 Å². The number of nitrogens with one attached hydrogen (secondary N) is 1. The van der Waals surface area contributed by atoms with Crippen LogP contribution in [-0.4, -0.2) is 56.3 Å². The predicted octanol–water partition coefficient (Wildman–Crippen LogP) is 4.53. The van der Waals surface area contributed by atoms with Crippen molar-refractivity contribution in [2.45, 2.75) is 52.7 Å². The van der Waals surface area contributed by atoms with Gasteiger partial charge in [0.15, 0.2) is 11.5 Å². The zero-order valence-electron chi connectivity index (χ0n) is 21.7. The number of rotatable bonds is 7. The lowest BCUT2D eigenvalue weighted by Crippen LogP contribution is -2.52. The van der Waals surface area contributed by atoms with Crippen molar-refractivity contribution in [2.75, 3.05) is 38.3 Å². The molecule has 2 aromatic rings. The molecule has 0 aliphatic carbocycles. The molecule has 4 rings (SSSR count). The van der Waals surface area contributed by atoms with Crippen molar-refractivity contribution in [2.24, 2.45) is 5.92 Å². The monoisotopic (exact) mass is 495 g/mol. The summed E-state index contributed by atoms with van der Waals surface area (Å²) in [6, 6.07) is 11.6. The van der Waals surface area contributed by atoms with Crippen molar-refractivity contribution >= 4 is 17.6 Å². The van der Waals surface area contributed by atoms with E-state index >= 15 is 0 Å². The van der Waals surface area contributed by atoms with Gasteiger partial charge in [-0.25, -0.2) is 4.79 Å². The van der Waals surface area contributed by atoms with Gasteiger partial charge >= 0.3 is 6.03 Å². The molecule has 0 bridgehead atoms. The molecule has 0 unspecified atom stereocenters. The van der Waals surface area contributed by atoms with Gasteiger partial charge in [-0.2, -0.15) is 0 Å². The number of methoxy groups -OCH3 is 1. The zero-order valence-corrected chi connectivity index (χ0v) is 21.7. The highest BCUT2D eigenvalue weighted by Gasteiger charge is 2.34. The molecule has 8 heteroatoms. The summed E-state index contributed by atoms with van der Waals surface area (Å²) < 4.78 is 17.0. The van der Waals surface area contributed by atoms with Gasteiger partial charge in [0, 0.05) is 25.6 Å². The molecule has 0 saturated carbocycles. The Bertz CT molecular complexity index is 1080. The van der Waals surface area contributed by atoms with Crippen molar-refractivity contribution < 1.29 is 23.8 Å². The van der Waals surface area contributed by atoms with Crippen LogP contribution in [0.15, 0.2) is 36.4 Å². The second-order valence-electron chi connectivity index (χ2n) is 9.41. The average molecular weight is 496 g/mol. The quantitative estimate of drug-likeness (QED) is 0.611. The Morgan fingerprint density at radius 3 is 2.56 bits per heavy atom. The van der Waals surface area contributed by atoms with Gasteiger partial charge in [-0.3, -0.25) is 9.69 Å². The van der Waals surface area contributed by atoms with Gasteiger partial charge in [0.1, 0.15) is 11.9 Å². The summed E-state index contributed by atoms with van der Waals surface area (Å²) in [5.74, 6) is 2.01. The first-order valence-corrected chi connectivity index (χ1v) is 12.8. The summed E-state index contributed by atoms with van der Waals surface area (Å²) in [5.41, 5.74) is 2.86. The van der Waals surface area contributed by atoms with Crippen LogP contribution in [0.4, 0.5) is 10.5 Å². The lowest BCUT2D eigenvalue weighted by atomic mass is 9.96. The largest absolute Gasteiger partial charge is 0.493 e. The fourth-order valence-corrected chi connectivity index (χ4v) is 4.78. The molecule has 0 aromatic heterocycles. The lowest BCUT2D eigenvalue weighted by molar-refractivity contribution is -0.126. The number of hydrogen-bond donors (Lipinski definition) is 1. The maximum atomic E-state index is 13.5. The van der Waals surface area contributed by atoms with E-state index in [0.29, 0.717) is 57.1 Å². The van der Waals surface area contributed by atoms with Gasteiger partial charge in [0.2, 0.25) is 5.91 Å². The smallest absolute Gasteiger partial charge is 0.324 e. The Kier molecular flexibility index (Phi) is 8.23. The number of benzene rings is 2. The maximum absolute atomic E-state index is 13.5. The summed E-state index contributed by atoms with van der Waals surface area (Å²) >= 11 is 0. The van der Waals surface area contributed by atoms with Gasteiger partial charge in [-0.05, 0) is 68.5 Å². The number of hydrogen-bond acceptors (Lipinski definition) is 5. The molecule has 2 aliphatic heterocycles. The second-order valence-corrected chi connectivity index (χ2v) is 9.41. The Labute approximate surface area is 213 Å². The van der Waals surface area contributed by atoms with Gasteiger partial charge in [-0.1, -0.05) is 19.1 Å². The predicted molar refractivity (Wildman–Crippen MR) is 139 cm³/mol. The number of ether oxygens (including phenoxy) is 3. The third kappa shape index (κ3) is 5.69. The van der Waals surface area contributed by atoms with Crippen LogP contribution < -0.4 is 24.4 Å². The molecule has 194 valence electrons. The molecule has 2 heterocycles. The summed E-state index contributed by atoms with van der Waals surface area (Å²) in [4.78, 5) is 30.1. The van der Waals surface area contributed by atoms with E-state index in [1.165, 1.54) is 0 Å². The maximum Gasteiger partial charge on any atom is 0.324 e. The van der Waals surface area contributed by atoms with E-state index in [2.05, 4.69) is 12.2 Å². The van der Waals surface area contributed by atoms with Crippen molar-refractivity contribution in [1.29, 1.82) is 0 Å². The molecule has 1 N–H and O–H groups in total. The molecule has 1 fully saturated rings. The number of nitrogens with zero attached hydrogens (tertiary/aromatic N) is 2. The van der Waals surface area contributed by atoms with Crippen LogP contribution in [0.1, 0.15) is 44.2 Å². The normalized spacial score (nSPS) is 17.7. The number of amides is 3. The van der Waals surface area contributed by atoms with Gasteiger partial charge < -0.3 is 24.4 Å². The molecule has 2 aromatic carbocycles. The minimum atomic E-state index is -0.110. The highest BCUT2D eigenvalue weighted by Crippen LogP contribution is 2.36. The highest BCUT2D eigenvalue weighted by molar-refractivity contribution is 5.94. The first-order valence-electron chi connectivity index (χ1n) is 12.8. The summed E-state index contributed by atoms with van der Waals surface area (Å²) in [6.45, 7) is 8.65. The lowest BCUT2D eigenvalue weighted by Gasteiger charge is -2.39. The molecule has 1 atom stereocenters. The van der Waals surface area contributed by atoms with Crippen molar-refractivity contribution in [3.8, 4) is 17.2 Å². The number of likely N-dealkylation sites (tertiary alicyclic amines) is 1. The van der Waals surface area contributed by atoms with Crippen molar-refractivity contribution in [3.05, 3.63) is 47.5 Å². The van der Waals surface area contributed by atoms with Crippen molar-refractivity contribution in [3.63, 3.8) is 0 Å². The summed E-state index contributed by atoms with van der Waals surface area (Å²) in [7, 11) is 1.61. The SMILES string of the molecule is CCOc1ccc(CNC(=O)C2CCN(C(=O)N3C[C@H](CC)Oc4ccc(C)cc43)CC2)cc1OC. The van der Waals surface area contributed by atoms with Crippen LogP contribution in [-0.2, 0) is 11.3 Å². The van der Waals surface area contributed by atoms with Crippen LogP contribution >= 0.6 is 0 Å². The minimum absolute atomic E-state index is 0.0102. The number of piperidine rings is 1. The van der Waals surface area contributed by atoms with Crippen LogP contribution in [0.2, 0.25) is 0 Å². The number of carbonyl (C=O) groups is 2. The van der Waals surface area contributed by atoms with Crippen LogP contribution in [0, 0.1) is 12.8 Å². The molecule has 1 saturated heterocycles. The fraction of sp³-hybridized carbons (Fsp3) is 0.500. The number of anilines is 1. The molecular weight excluding hydrogens is 458 g/mol. The molecule has 3 amide bonds. The Hall–Kier alpha value is -3.42. The van der Waals surface area contributed by atoms with Crippen LogP contribution in [0.3, 0.4) is 0 Å². The third-order valence-corrected chi connectivity index (χ3v) is 6.90. The Balaban J connectivity index is 1.33. The highest BCUT2D eigenvalue weighted by atomic mass is 16.5. The standard InChI is InChI=1S/C28H37N3O5/c1-5-22-18-31(23-15-19(3)7-9-24(23)36-22)28(33)30-13-11-21(12-14-30)27(32)29-17-20-8-10-25(35-6-2)26(16-20)34-4/h7-10,15-16,21-22H,5-6,11-14,17-18H2,1-4H3,(H,29,32)/t22-/m0/s1. The van der Waals surface area contributed by atoms with E-state index in [0.717, 1.165) is 29.0 Å². The molecule has 8 nitrogen and oxygen atoms in total. The van der Waals surface area contributed by atoms with E-state index < -0.39 is 0 Å². The van der Waals surface area contributed by atoms with Gasteiger partial charge in [0.05, 0.1) is 25.9 Å². The molecule has 0 radical (unpaired) electrons. The fourth-order valence-electron chi connectivity index (χ4n) is 4.78. The van der Waals surface area contributed by atoms with E-state index in [4.69, 9.17) is 14.2 Å². The Morgan fingerprint density at radius 2 is 1.86 bits per heavy atom. The number of urea groups is 1. The number of fused-ring (bicyclic) bond motifs is 1. The van der Waals surface area contributed by atoms with E-state index in [1.54, 1.807) is 7.11 Å². The summed E-state index contributed by atoms with van der Waals surface area (Å²) in [6.07, 6.45) is 2.10.